The third-order valence-electron chi connectivity index (χ3n) is 4.32. The number of aliphatic hydroxyl groups excluding tert-OH is 1. The molecule has 1 unspecified atom stereocenters. The van der Waals surface area contributed by atoms with Crippen LogP contribution in [0.15, 0.2) is 36.7 Å². The van der Waals surface area contributed by atoms with Crippen LogP contribution >= 0.6 is 0 Å². The molecular formula is C17H22N4O2. The maximum absolute atomic E-state index is 12.5. The Morgan fingerprint density at radius 2 is 2.22 bits per heavy atom. The molecule has 0 saturated heterocycles. The van der Waals surface area contributed by atoms with Gasteiger partial charge in [-0.1, -0.05) is 6.07 Å². The van der Waals surface area contributed by atoms with E-state index in [1.807, 2.05) is 32.3 Å². The van der Waals surface area contributed by atoms with Gasteiger partial charge in [0.25, 0.3) is 5.91 Å². The standard InChI is InChI=1S/C17H22N4O2/c1-17(11-22,13-6-7-13)20-16(23)12-4-3-5-14(8-12)19-15-9-18-21(2)10-15/h3-5,8-10,13,19,22H,6-7,11H2,1-2H3,(H,20,23). The summed E-state index contributed by atoms with van der Waals surface area (Å²) >= 11 is 0. The Hall–Kier alpha value is -2.34. The van der Waals surface area contributed by atoms with E-state index in [0.29, 0.717) is 11.5 Å². The normalized spacial score (nSPS) is 16.7. The first-order valence-electron chi connectivity index (χ1n) is 7.79. The van der Waals surface area contributed by atoms with Crippen LogP contribution < -0.4 is 10.6 Å². The van der Waals surface area contributed by atoms with E-state index in [2.05, 4.69) is 15.7 Å². The first-order valence-corrected chi connectivity index (χ1v) is 7.79. The molecule has 1 aliphatic carbocycles. The minimum Gasteiger partial charge on any atom is -0.394 e. The molecule has 3 rings (SSSR count). The van der Waals surface area contributed by atoms with Crippen molar-refractivity contribution in [3.8, 4) is 0 Å². The van der Waals surface area contributed by atoms with Gasteiger partial charge >= 0.3 is 0 Å². The van der Waals surface area contributed by atoms with Gasteiger partial charge in [0, 0.05) is 24.5 Å². The lowest BCUT2D eigenvalue weighted by Gasteiger charge is -2.28. The third-order valence-corrected chi connectivity index (χ3v) is 4.32. The summed E-state index contributed by atoms with van der Waals surface area (Å²) in [4.78, 5) is 12.5. The van der Waals surface area contributed by atoms with Crippen LogP contribution in [0.1, 0.15) is 30.1 Å². The van der Waals surface area contributed by atoms with Crippen LogP contribution in [0.2, 0.25) is 0 Å². The first kappa shape index (κ1) is 15.6. The van der Waals surface area contributed by atoms with Gasteiger partial charge in [-0.2, -0.15) is 5.10 Å². The van der Waals surface area contributed by atoms with Crippen molar-refractivity contribution < 1.29 is 9.90 Å². The number of carbonyl (C=O) groups is 1. The summed E-state index contributed by atoms with van der Waals surface area (Å²) in [6, 6.07) is 7.30. The fourth-order valence-corrected chi connectivity index (χ4v) is 2.71. The van der Waals surface area contributed by atoms with E-state index in [0.717, 1.165) is 24.2 Å². The SMILES string of the molecule is Cn1cc(Nc2cccc(C(=O)NC(C)(CO)C3CC3)c2)cn1. The fourth-order valence-electron chi connectivity index (χ4n) is 2.71. The van der Waals surface area contributed by atoms with Gasteiger partial charge in [0.15, 0.2) is 0 Å². The molecule has 1 saturated carbocycles. The number of hydrogen-bond donors (Lipinski definition) is 3. The molecule has 6 heteroatoms. The molecule has 0 spiro atoms. The highest BCUT2D eigenvalue weighted by Gasteiger charge is 2.42. The Kier molecular flexibility index (Phi) is 4.09. The summed E-state index contributed by atoms with van der Waals surface area (Å²) in [5.41, 5.74) is 1.72. The van der Waals surface area contributed by atoms with Crippen LogP contribution in [-0.4, -0.2) is 32.9 Å². The number of aromatic nitrogens is 2. The van der Waals surface area contributed by atoms with E-state index >= 15 is 0 Å². The number of carbonyl (C=O) groups excluding carboxylic acids is 1. The molecule has 3 N–H and O–H groups in total. The van der Waals surface area contributed by atoms with Crippen molar-refractivity contribution in [2.75, 3.05) is 11.9 Å². The highest BCUT2D eigenvalue weighted by molar-refractivity contribution is 5.95. The van der Waals surface area contributed by atoms with Gasteiger partial charge in [-0.05, 0) is 43.9 Å². The quantitative estimate of drug-likeness (QED) is 0.762. The Bertz CT molecular complexity index is 708. The third kappa shape index (κ3) is 3.53. The highest BCUT2D eigenvalue weighted by Crippen LogP contribution is 2.39. The Balaban J connectivity index is 1.72. The summed E-state index contributed by atoms with van der Waals surface area (Å²) in [7, 11) is 1.85. The molecule has 1 aromatic carbocycles. The van der Waals surface area contributed by atoms with Gasteiger partial charge in [0.1, 0.15) is 0 Å². The van der Waals surface area contributed by atoms with Crippen LogP contribution in [0.4, 0.5) is 11.4 Å². The number of nitrogens with zero attached hydrogens (tertiary/aromatic N) is 2. The van der Waals surface area contributed by atoms with Crippen molar-refractivity contribution in [1.82, 2.24) is 15.1 Å². The van der Waals surface area contributed by atoms with Crippen LogP contribution in [-0.2, 0) is 7.05 Å². The number of hydrogen-bond acceptors (Lipinski definition) is 4. The molecule has 1 aliphatic rings. The summed E-state index contributed by atoms with van der Waals surface area (Å²) in [5.74, 6) is 0.205. The summed E-state index contributed by atoms with van der Waals surface area (Å²) in [6.07, 6.45) is 5.70. The number of rotatable bonds is 6. The average molecular weight is 314 g/mol. The van der Waals surface area contributed by atoms with Crippen molar-refractivity contribution in [2.24, 2.45) is 13.0 Å². The lowest BCUT2D eigenvalue weighted by Crippen LogP contribution is -2.50. The highest BCUT2D eigenvalue weighted by atomic mass is 16.3. The molecule has 1 atom stereocenters. The van der Waals surface area contributed by atoms with Gasteiger partial charge in [-0.25, -0.2) is 0 Å². The van der Waals surface area contributed by atoms with E-state index in [1.54, 1.807) is 23.0 Å². The molecule has 0 aliphatic heterocycles. The molecule has 2 aromatic rings. The molecule has 1 amide bonds. The van der Waals surface area contributed by atoms with Gasteiger partial charge in [-0.3, -0.25) is 9.48 Å². The lowest BCUT2D eigenvalue weighted by atomic mass is 9.96. The van der Waals surface area contributed by atoms with Crippen molar-refractivity contribution in [3.05, 3.63) is 42.2 Å². The number of aliphatic hydroxyl groups is 1. The molecule has 1 aromatic heterocycles. The smallest absolute Gasteiger partial charge is 0.251 e. The predicted molar refractivity (Wildman–Crippen MR) is 88.6 cm³/mol. The fraction of sp³-hybridized carbons (Fsp3) is 0.412. The van der Waals surface area contributed by atoms with Crippen LogP contribution in [0.25, 0.3) is 0 Å². The van der Waals surface area contributed by atoms with E-state index in [4.69, 9.17) is 0 Å². The molecule has 122 valence electrons. The topological polar surface area (TPSA) is 79.2 Å². The Morgan fingerprint density at radius 1 is 1.43 bits per heavy atom. The van der Waals surface area contributed by atoms with E-state index in [1.165, 1.54) is 0 Å². The number of nitrogens with one attached hydrogen (secondary N) is 2. The van der Waals surface area contributed by atoms with Crippen molar-refractivity contribution >= 4 is 17.3 Å². The summed E-state index contributed by atoms with van der Waals surface area (Å²) in [5, 5.41) is 19.9. The van der Waals surface area contributed by atoms with E-state index in [9.17, 15) is 9.90 Å². The van der Waals surface area contributed by atoms with Gasteiger partial charge < -0.3 is 15.7 Å². The second-order valence-corrected chi connectivity index (χ2v) is 6.41. The first-order chi connectivity index (χ1) is 11.0. The van der Waals surface area contributed by atoms with Crippen molar-refractivity contribution in [2.45, 2.75) is 25.3 Å². The molecule has 1 heterocycles. The van der Waals surface area contributed by atoms with Gasteiger partial charge in [0.05, 0.1) is 24.0 Å². The van der Waals surface area contributed by atoms with E-state index < -0.39 is 5.54 Å². The van der Waals surface area contributed by atoms with Gasteiger partial charge in [-0.15, -0.1) is 0 Å². The maximum atomic E-state index is 12.5. The predicted octanol–water partition coefficient (Wildman–Crippen LogP) is 2.05. The molecular weight excluding hydrogens is 292 g/mol. The Morgan fingerprint density at radius 3 is 2.83 bits per heavy atom. The molecule has 6 nitrogen and oxygen atoms in total. The zero-order valence-electron chi connectivity index (χ0n) is 13.4. The number of aryl methyl sites for hydroxylation is 1. The largest absolute Gasteiger partial charge is 0.394 e. The summed E-state index contributed by atoms with van der Waals surface area (Å²) in [6.45, 7) is 1.86. The number of benzene rings is 1. The van der Waals surface area contributed by atoms with Crippen LogP contribution in [0.3, 0.4) is 0 Å². The zero-order chi connectivity index (χ0) is 16.4. The monoisotopic (exact) mass is 314 g/mol. The second kappa shape index (κ2) is 6.04. The van der Waals surface area contributed by atoms with Crippen LogP contribution in [0.5, 0.6) is 0 Å². The van der Waals surface area contributed by atoms with Crippen molar-refractivity contribution in [3.63, 3.8) is 0 Å². The second-order valence-electron chi connectivity index (χ2n) is 6.41. The summed E-state index contributed by atoms with van der Waals surface area (Å²) < 4.78 is 1.71. The molecule has 23 heavy (non-hydrogen) atoms. The zero-order valence-corrected chi connectivity index (χ0v) is 13.4. The van der Waals surface area contributed by atoms with Crippen molar-refractivity contribution in [1.29, 1.82) is 0 Å². The van der Waals surface area contributed by atoms with E-state index in [-0.39, 0.29) is 12.5 Å². The lowest BCUT2D eigenvalue weighted by molar-refractivity contribution is 0.0824. The number of anilines is 2. The molecule has 1 fully saturated rings. The Labute approximate surface area is 135 Å². The van der Waals surface area contributed by atoms with Gasteiger partial charge in [0.2, 0.25) is 0 Å². The maximum Gasteiger partial charge on any atom is 0.251 e. The minimum atomic E-state index is -0.538. The van der Waals surface area contributed by atoms with Crippen LogP contribution in [0, 0.1) is 5.92 Å². The molecule has 0 radical (unpaired) electrons. The average Bonchev–Trinajstić information content (AvgIpc) is 3.32. The molecule has 0 bridgehead atoms. The minimum absolute atomic E-state index is 0.0446. The number of amides is 1.